The number of imidazole rings is 1. The number of nitrogens with one attached hydrogen (secondary N) is 1. The van der Waals surface area contributed by atoms with Crippen molar-refractivity contribution >= 4 is 28.9 Å². The van der Waals surface area contributed by atoms with Crippen LogP contribution in [0.25, 0.3) is 16.9 Å². The number of hydrogen-bond donors (Lipinski definition) is 1. The maximum atomic E-state index is 12.8. The summed E-state index contributed by atoms with van der Waals surface area (Å²) in [5, 5.41) is 12.8. The fourth-order valence-electron chi connectivity index (χ4n) is 4.04. The van der Waals surface area contributed by atoms with Gasteiger partial charge in [0.25, 0.3) is 5.56 Å². The number of anilines is 1. The summed E-state index contributed by atoms with van der Waals surface area (Å²) in [4.78, 5) is 34.1. The number of fused-ring (bicyclic) bond motifs is 1. The lowest BCUT2D eigenvalue weighted by Crippen LogP contribution is -2.29. The molecule has 0 saturated heterocycles. The Kier molecular flexibility index (Phi) is 6.67. The second-order valence-corrected chi connectivity index (χ2v) is 9.37. The molecule has 0 spiro atoms. The van der Waals surface area contributed by atoms with Crippen LogP contribution in [0.3, 0.4) is 0 Å². The molecule has 3 aromatic heterocycles. The standard InChI is InChI=1S/C24H25N9O2S/c1-30(16-17-10-5-3-6-11-17)22-25-20-19(21(34)26-23(35)31(20)2)32(22)14-9-15-36-24-27-28-29-33(24)18-12-7-4-8-13-18/h3-8,10-13H,9,14-16H2,1-2H3,(H,26,34,35). The third-order valence-corrected chi connectivity index (χ3v) is 6.80. The van der Waals surface area contributed by atoms with E-state index in [-0.39, 0.29) is 0 Å². The van der Waals surface area contributed by atoms with Gasteiger partial charge in [0.1, 0.15) is 0 Å². The van der Waals surface area contributed by atoms with E-state index >= 15 is 0 Å². The predicted molar refractivity (Wildman–Crippen MR) is 139 cm³/mol. The number of para-hydroxylation sites is 1. The maximum absolute atomic E-state index is 12.8. The average Bonchev–Trinajstić information content (AvgIpc) is 3.52. The average molecular weight is 504 g/mol. The Morgan fingerprint density at radius 2 is 1.75 bits per heavy atom. The summed E-state index contributed by atoms with van der Waals surface area (Å²) in [7, 11) is 3.54. The summed E-state index contributed by atoms with van der Waals surface area (Å²) in [5.74, 6) is 1.35. The first kappa shape index (κ1) is 23.5. The molecule has 0 unspecified atom stereocenters. The van der Waals surface area contributed by atoms with Gasteiger partial charge in [-0.05, 0) is 34.5 Å². The smallest absolute Gasteiger partial charge is 0.329 e. The van der Waals surface area contributed by atoms with E-state index in [1.165, 1.54) is 4.57 Å². The molecule has 0 radical (unpaired) electrons. The van der Waals surface area contributed by atoms with Crippen LogP contribution in [0.4, 0.5) is 5.95 Å². The minimum absolute atomic E-state index is 0.360. The second-order valence-electron chi connectivity index (χ2n) is 8.31. The van der Waals surface area contributed by atoms with Crippen molar-refractivity contribution in [3.63, 3.8) is 0 Å². The fourth-order valence-corrected chi connectivity index (χ4v) is 4.86. The van der Waals surface area contributed by atoms with Gasteiger partial charge in [0, 0.05) is 32.9 Å². The Morgan fingerprint density at radius 1 is 1.03 bits per heavy atom. The first-order valence-corrected chi connectivity index (χ1v) is 12.4. The van der Waals surface area contributed by atoms with Gasteiger partial charge in [-0.1, -0.05) is 60.3 Å². The van der Waals surface area contributed by atoms with Gasteiger partial charge < -0.3 is 9.47 Å². The van der Waals surface area contributed by atoms with E-state index in [9.17, 15) is 9.59 Å². The molecule has 184 valence electrons. The molecule has 0 aliphatic rings. The number of tetrazole rings is 1. The molecule has 2 aromatic carbocycles. The highest BCUT2D eigenvalue weighted by Crippen LogP contribution is 2.23. The van der Waals surface area contributed by atoms with Gasteiger partial charge >= 0.3 is 5.69 Å². The highest BCUT2D eigenvalue weighted by molar-refractivity contribution is 7.99. The van der Waals surface area contributed by atoms with E-state index in [4.69, 9.17) is 4.98 Å². The van der Waals surface area contributed by atoms with Gasteiger partial charge in [0.15, 0.2) is 11.2 Å². The summed E-state index contributed by atoms with van der Waals surface area (Å²) in [6.07, 6.45) is 0.728. The molecular formula is C24H25N9O2S. The quantitative estimate of drug-likeness (QED) is 0.240. The minimum Gasteiger partial charge on any atom is -0.341 e. The number of aromatic nitrogens is 8. The van der Waals surface area contributed by atoms with Crippen LogP contribution in [-0.4, -0.2) is 52.1 Å². The van der Waals surface area contributed by atoms with Crippen LogP contribution in [0.15, 0.2) is 75.4 Å². The number of H-pyrrole nitrogens is 1. The molecule has 0 saturated carbocycles. The third-order valence-electron chi connectivity index (χ3n) is 5.79. The number of rotatable bonds is 9. The van der Waals surface area contributed by atoms with E-state index in [2.05, 4.69) is 20.5 Å². The predicted octanol–water partition coefficient (Wildman–Crippen LogP) is 2.22. The zero-order valence-corrected chi connectivity index (χ0v) is 20.7. The number of benzene rings is 2. The molecule has 11 nitrogen and oxygen atoms in total. The van der Waals surface area contributed by atoms with Crippen LogP contribution in [0.2, 0.25) is 0 Å². The lowest BCUT2D eigenvalue weighted by Gasteiger charge is -2.20. The first-order chi connectivity index (χ1) is 17.5. The molecule has 1 N–H and O–H groups in total. The molecule has 0 bridgehead atoms. The molecule has 5 rings (SSSR count). The van der Waals surface area contributed by atoms with Gasteiger partial charge in [-0.25, -0.2) is 4.79 Å². The van der Waals surface area contributed by atoms with Crippen LogP contribution in [0, 0.1) is 0 Å². The Morgan fingerprint density at radius 3 is 2.50 bits per heavy atom. The number of hydrogen-bond acceptors (Lipinski definition) is 8. The van der Waals surface area contributed by atoms with Gasteiger partial charge in [-0.2, -0.15) is 9.67 Å². The topological polar surface area (TPSA) is 120 Å². The molecule has 0 fully saturated rings. The highest BCUT2D eigenvalue weighted by Gasteiger charge is 2.20. The zero-order chi connectivity index (χ0) is 25.1. The van der Waals surface area contributed by atoms with Crippen molar-refractivity contribution < 1.29 is 0 Å². The van der Waals surface area contributed by atoms with E-state index in [0.29, 0.717) is 35.4 Å². The van der Waals surface area contributed by atoms with Crippen LogP contribution in [-0.2, 0) is 20.1 Å². The lowest BCUT2D eigenvalue weighted by atomic mass is 10.2. The summed E-state index contributed by atoms with van der Waals surface area (Å²) in [6, 6.07) is 19.7. The fraction of sp³-hybridized carbons (Fsp3) is 0.250. The molecular weight excluding hydrogens is 478 g/mol. The van der Waals surface area contributed by atoms with Crippen molar-refractivity contribution in [2.24, 2.45) is 7.05 Å². The maximum Gasteiger partial charge on any atom is 0.329 e. The molecule has 3 heterocycles. The van der Waals surface area contributed by atoms with E-state index in [1.54, 1.807) is 23.5 Å². The van der Waals surface area contributed by atoms with Crippen molar-refractivity contribution in [3.05, 3.63) is 87.1 Å². The van der Waals surface area contributed by atoms with Gasteiger partial charge in [-0.15, -0.1) is 5.10 Å². The summed E-state index contributed by atoms with van der Waals surface area (Å²) in [5.41, 5.74) is 1.82. The van der Waals surface area contributed by atoms with Crippen molar-refractivity contribution in [1.82, 2.24) is 39.3 Å². The van der Waals surface area contributed by atoms with Crippen molar-refractivity contribution in [2.75, 3.05) is 17.7 Å². The summed E-state index contributed by atoms with van der Waals surface area (Å²) in [6.45, 7) is 1.14. The number of thioether (sulfide) groups is 1. The van der Waals surface area contributed by atoms with Gasteiger partial charge in [0.2, 0.25) is 11.1 Å². The Hall–Kier alpha value is -4.19. The molecule has 5 aromatic rings. The van der Waals surface area contributed by atoms with Gasteiger partial charge in [-0.3, -0.25) is 14.3 Å². The van der Waals surface area contributed by atoms with E-state index in [0.717, 1.165) is 23.4 Å². The normalized spacial score (nSPS) is 11.3. The third kappa shape index (κ3) is 4.67. The monoisotopic (exact) mass is 503 g/mol. The van der Waals surface area contributed by atoms with Crippen molar-refractivity contribution in [2.45, 2.75) is 24.7 Å². The van der Waals surface area contributed by atoms with Crippen LogP contribution in [0.1, 0.15) is 12.0 Å². The zero-order valence-electron chi connectivity index (χ0n) is 19.9. The second kappa shape index (κ2) is 10.2. The molecule has 0 aliphatic carbocycles. The van der Waals surface area contributed by atoms with E-state index < -0.39 is 11.2 Å². The van der Waals surface area contributed by atoms with Gasteiger partial charge in [0.05, 0.1) is 5.69 Å². The molecule has 0 amide bonds. The largest absolute Gasteiger partial charge is 0.341 e. The molecule has 12 heteroatoms. The Bertz CT molecular complexity index is 1590. The van der Waals surface area contributed by atoms with Crippen LogP contribution >= 0.6 is 11.8 Å². The first-order valence-electron chi connectivity index (χ1n) is 11.4. The minimum atomic E-state index is -0.488. The lowest BCUT2D eigenvalue weighted by molar-refractivity contribution is 0.679. The molecule has 36 heavy (non-hydrogen) atoms. The molecule has 0 atom stereocenters. The van der Waals surface area contributed by atoms with Crippen molar-refractivity contribution in [1.29, 1.82) is 0 Å². The van der Waals surface area contributed by atoms with Crippen LogP contribution in [0.5, 0.6) is 0 Å². The SMILES string of the molecule is CN(Cc1ccccc1)c1nc2c(c(=O)[nH]c(=O)n2C)n1CCCSc1nnnn1-c1ccccc1. The number of aromatic amines is 1. The number of nitrogens with zero attached hydrogens (tertiary/aromatic N) is 8. The van der Waals surface area contributed by atoms with Crippen molar-refractivity contribution in [3.8, 4) is 5.69 Å². The van der Waals surface area contributed by atoms with Crippen LogP contribution < -0.4 is 16.1 Å². The Balaban J connectivity index is 1.39. The highest BCUT2D eigenvalue weighted by atomic mass is 32.2. The summed E-state index contributed by atoms with van der Waals surface area (Å²) < 4.78 is 4.96. The number of aryl methyl sites for hydroxylation is 2. The van der Waals surface area contributed by atoms with E-state index in [1.807, 2.05) is 77.2 Å². The Labute approximate surface area is 210 Å². The molecule has 0 aliphatic heterocycles. The summed E-state index contributed by atoms with van der Waals surface area (Å²) >= 11 is 1.54.